The Hall–Kier alpha value is -3.98. The smallest absolute Gasteiger partial charge is 0.407 e. The van der Waals surface area contributed by atoms with Crippen LogP contribution in [0.4, 0.5) is 13.6 Å². The lowest BCUT2D eigenvalue weighted by Crippen LogP contribution is -2.59. The van der Waals surface area contributed by atoms with Gasteiger partial charge in [0.25, 0.3) is 11.8 Å². The predicted octanol–water partition coefficient (Wildman–Crippen LogP) is 1.94. The average Bonchev–Trinajstić information content (AvgIpc) is 3.32. The minimum absolute atomic E-state index is 0.00170. The van der Waals surface area contributed by atoms with Crippen molar-refractivity contribution in [2.45, 2.75) is 51.2 Å². The lowest BCUT2D eigenvalue weighted by Gasteiger charge is -2.39. The standard InChI is InChI=1S/C31H43F2N5O8/c1-19(46-31(43)34-2)28(40)35-25(20-7-5-4-6-8-20)29(41)37-9-11-38(12-10-37)30(42)26-27(45-16-15-44-14-13-39)21-17-22(32)23(33)18-24(21)36(26)3/h17-20,25,39H,4-16H2,1-3H3,(H,34,43)(H,35,40). The Balaban J connectivity index is 1.49. The summed E-state index contributed by atoms with van der Waals surface area (Å²) in [5.41, 5.74) is 0.363. The monoisotopic (exact) mass is 651 g/mol. The first-order valence-electron chi connectivity index (χ1n) is 15.6. The highest BCUT2D eigenvalue weighted by Gasteiger charge is 2.37. The summed E-state index contributed by atoms with van der Waals surface area (Å²) < 4.78 is 46.0. The number of nitrogens with one attached hydrogen (secondary N) is 2. The van der Waals surface area contributed by atoms with Crippen LogP contribution in [0.15, 0.2) is 12.1 Å². The second-order valence-corrected chi connectivity index (χ2v) is 11.5. The van der Waals surface area contributed by atoms with Gasteiger partial charge >= 0.3 is 6.09 Å². The van der Waals surface area contributed by atoms with E-state index in [1.54, 1.807) is 16.8 Å². The summed E-state index contributed by atoms with van der Waals surface area (Å²) in [6.07, 6.45) is 2.62. The second-order valence-electron chi connectivity index (χ2n) is 11.5. The van der Waals surface area contributed by atoms with E-state index in [4.69, 9.17) is 19.3 Å². The van der Waals surface area contributed by atoms with Crippen molar-refractivity contribution in [2.75, 3.05) is 59.7 Å². The number of amides is 4. The summed E-state index contributed by atoms with van der Waals surface area (Å²) in [6, 6.07) is 1.19. The SMILES string of the molecule is CNC(=O)OC(C)C(=O)NC(C(=O)N1CCN(C(=O)c2c(OCCOCCO)c3cc(F)c(F)cc3n2C)CC1)C1CCCCC1. The molecule has 1 saturated heterocycles. The van der Waals surface area contributed by atoms with E-state index in [9.17, 15) is 28.0 Å². The van der Waals surface area contributed by atoms with Gasteiger partial charge in [-0.05, 0) is 31.7 Å². The van der Waals surface area contributed by atoms with Gasteiger partial charge in [-0.3, -0.25) is 14.4 Å². The van der Waals surface area contributed by atoms with Gasteiger partial charge in [0.15, 0.2) is 29.2 Å². The van der Waals surface area contributed by atoms with E-state index in [1.807, 2.05) is 0 Å². The molecule has 0 radical (unpaired) electrons. The molecule has 3 N–H and O–H groups in total. The summed E-state index contributed by atoms with van der Waals surface area (Å²) >= 11 is 0. The minimum atomic E-state index is -1.10. The third-order valence-electron chi connectivity index (χ3n) is 8.53. The number of aliphatic hydroxyl groups is 1. The zero-order chi connectivity index (χ0) is 33.4. The van der Waals surface area contributed by atoms with E-state index in [2.05, 4.69) is 10.6 Å². The number of aryl methyl sites for hydroxylation is 1. The van der Waals surface area contributed by atoms with Crippen molar-refractivity contribution in [2.24, 2.45) is 13.0 Å². The van der Waals surface area contributed by atoms with E-state index < -0.39 is 41.7 Å². The maximum absolute atomic E-state index is 14.3. The molecule has 4 amide bonds. The van der Waals surface area contributed by atoms with Crippen LogP contribution in [-0.4, -0.2) is 115 Å². The first-order valence-corrected chi connectivity index (χ1v) is 15.6. The number of nitrogens with zero attached hydrogens (tertiary/aromatic N) is 3. The summed E-state index contributed by atoms with van der Waals surface area (Å²) in [4.78, 5) is 55.4. The van der Waals surface area contributed by atoms with Gasteiger partial charge in [0, 0.05) is 51.7 Å². The van der Waals surface area contributed by atoms with Crippen molar-refractivity contribution in [3.63, 3.8) is 0 Å². The molecule has 1 aliphatic carbocycles. The number of piperazine rings is 1. The van der Waals surface area contributed by atoms with Gasteiger partial charge in [-0.25, -0.2) is 13.6 Å². The number of carbonyl (C=O) groups is 4. The van der Waals surface area contributed by atoms with Crippen LogP contribution < -0.4 is 15.4 Å². The molecule has 1 aromatic carbocycles. The number of ether oxygens (including phenoxy) is 3. The Morgan fingerprint density at radius 2 is 1.63 bits per heavy atom. The number of hydrogen-bond acceptors (Lipinski definition) is 8. The number of aromatic nitrogens is 1. The molecule has 1 saturated carbocycles. The molecule has 2 unspecified atom stereocenters. The van der Waals surface area contributed by atoms with Gasteiger partial charge < -0.3 is 44.3 Å². The quantitative estimate of drug-likeness (QED) is 0.295. The molecule has 2 fully saturated rings. The number of carbonyl (C=O) groups excluding carboxylic acids is 4. The fourth-order valence-corrected chi connectivity index (χ4v) is 6.02. The van der Waals surface area contributed by atoms with Crippen LogP contribution in [0, 0.1) is 17.6 Å². The lowest BCUT2D eigenvalue weighted by atomic mass is 9.83. The maximum atomic E-state index is 14.3. The normalized spacial score (nSPS) is 17.0. The molecule has 2 heterocycles. The van der Waals surface area contributed by atoms with E-state index in [-0.39, 0.29) is 86.8 Å². The number of halogens is 2. The number of fused-ring (bicyclic) bond motifs is 1. The van der Waals surface area contributed by atoms with Crippen LogP contribution in [0.2, 0.25) is 0 Å². The molecule has 46 heavy (non-hydrogen) atoms. The second kappa shape index (κ2) is 16.0. The zero-order valence-corrected chi connectivity index (χ0v) is 26.5. The van der Waals surface area contributed by atoms with Crippen molar-refractivity contribution < 1.29 is 47.3 Å². The molecule has 2 atom stereocenters. The Labute approximate surface area is 266 Å². The van der Waals surface area contributed by atoms with E-state index in [0.717, 1.165) is 44.2 Å². The minimum Gasteiger partial charge on any atom is -0.488 e. The number of rotatable bonds is 12. The van der Waals surface area contributed by atoms with Gasteiger partial charge in [-0.1, -0.05) is 19.3 Å². The van der Waals surface area contributed by atoms with Crippen LogP contribution in [0.1, 0.15) is 49.5 Å². The third-order valence-corrected chi connectivity index (χ3v) is 8.53. The molecule has 0 spiro atoms. The molecule has 2 aromatic rings. The molecule has 4 rings (SSSR count). The first kappa shape index (κ1) is 34.9. The topological polar surface area (TPSA) is 152 Å². The molecular weight excluding hydrogens is 608 g/mol. The van der Waals surface area contributed by atoms with Crippen LogP contribution in [0.3, 0.4) is 0 Å². The van der Waals surface area contributed by atoms with Crippen LogP contribution in [0.5, 0.6) is 5.75 Å². The van der Waals surface area contributed by atoms with E-state index in [1.165, 1.54) is 18.5 Å². The van der Waals surface area contributed by atoms with Crippen molar-refractivity contribution in [3.05, 3.63) is 29.5 Å². The van der Waals surface area contributed by atoms with E-state index >= 15 is 0 Å². The van der Waals surface area contributed by atoms with Crippen molar-refractivity contribution in [3.8, 4) is 5.75 Å². The molecule has 0 bridgehead atoms. The van der Waals surface area contributed by atoms with Gasteiger partial charge in [0.05, 0.1) is 25.3 Å². The fraction of sp³-hybridized carbons (Fsp3) is 0.613. The Morgan fingerprint density at radius 3 is 2.28 bits per heavy atom. The lowest BCUT2D eigenvalue weighted by molar-refractivity contribution is -0.141. The number of hydrogen-bond donors (Lipinski definition) is 3. The Bertz CT molecular complexity index is 1410. The van der Waals surface area contributed by atoms with E-state index in [0.29, 0.717) is 0 Å². The van der Waals surface area contributed by atoms with Crippen molar-refractivity contribution >= 4 is 34.7 Å². The molecule has 15 heteroatoms. The average molecular weight is 652 g/mol. The van der Waals surface area contributed by atoms with Gasteiger partial charge in [-0.15, -0.1) is 0 Å². The molecule has 13 nitrogen and oxygen atoms in total. The highest BCUT2D eigenvalue weighted by Crippen LogP contribution is 2.35. The number of aliphatic hydroxyl groups excluding tert-OH is 1. The number of alkyl carbamates (subject to hydrolysis) is 1. The van der Waals surface area contributed by atoms with Gasteiger partial charge in [0.2, 0.25) is 5.91 Å². The van der Waals surface area contributed by atoms with Crippen LogP contribution in [-0.2, 0) is 26.1 Å². The van der Waals surface area contributed by atoms with Crippen LogP contribution in [0.25, 0.3) is 10.9 Å². The summed E-state index contributed by atoms with van der Waals surface area (Å²) in [5.74, 6) is -3.40. The molecule has 2 aliphatic rings. The molecule has 1 aromatic heterocycles. The first-order chi connectivity index (χ1) is 22.1. The van der Waals surface area contributed by atoms with Crippen LogP contribution >= 0.6 is 0 Å². The van der Waals surface area contributed by atoms with Gasteiger partial charge in [-0.2, -0.15) is 0 Å². The Morgan fingerprint density at radius 1 is 0.978 bits per heavy atom. The predicted molar refractivity (Wildman–Crippen MR) is 162 cm³/mol. The molecular formula is C31H43F2N5O8. The maximum Gasteiger partial charge on any atom is 0.407 e. The number of benzene rings is 1. The highest BCUT2D eigenvalue weighted by molar-refractivity contribution is 6.04. The zero-order valence-electron chi connectivity index (χ0n) is 26.5. The summed E-state index contributed by atoms with van der Waals surface area (Å²) in [6.45, 7) is 2.22. The van der Waals surface area contributed by atoms with Crippen molar-refractivity contribution in [1.29, 1.82) is 0 Å². The molecule has 254 valence electrons. The summed E-state index contributed by atoms with van der Waals surface area (Å²) in [5, 5.41) is 14.3. The fourth-order valence-electron chi connectivity index (χ4n) is 6.02. The summed E-state index contributed by atoms with van der Waals surface area (Å²) in [7, 11) is 2.95. The van der Waals surface area contributed by atoms with Gasteiger partial charge in [0.1, 0.15) is 12.6 Å². The van der Waals surface area contributed by atoms with Crippen molar-refractivity contribution in [1.82, 2.24) is 25.0 Å². The largest absolute Gasteiger partial charge is 0.488 e. The highest BCUT2D eigenvalue weighted by atomic mass is 19.2. The molecule has 1 aliphatic heterocycles. The third kappa shape index (κ3) is 8.05. The Kier molecular flexibility index (Phi) is 12.2.